The van der Waals surface area contributed by atoms with E-state index in [4.69, 9.17) is 4.74 Å². The Hall–Kier alpha value is -3.14. The van der Waals surface area contributed by atoms with Crippen molar-refractivity contribution in [3.05, 3.63) is 53.8 Å². The summed E-state index contributed by atoms with van der Waals surface area (Å²) in [6.45, 7) is 2.41. The lowest BCUT2D eigenvalue weighted by Crippen LogP contribution is -2.33. The Kier molecular flexibility index (Phi) is 7.91. The van der Waals surface area contributed by atoms with Crippen LogP contribution in [0.2, 0.25) is 0 Å². The van der Waals surface area contributed by atoms with Crippen molar-refractivity contribution in [1.29, 1.82) is 0 Å². The Morgan fingerprint density at radius 2 is 1.91 bits per heavy atom. The number of carbonyl (C=O) groups excluding carboxylic acids is 2. The molecular weight excluding hydrogens is 442 g/mol. The predicted molar refractivity (Wildman–Crippen MR) is 115 cm³/mol. The summed E-state index contributed by atoms with van der Waals surface area (Å²) in [5, 5.41) is 5.54. The van der Waals surface area contributed by atoms with Crippen LogP contribution in [0.1, 0.15) is 25.3 Å². The van der Waals surface area contributed by atoms with E-state index in [2.05, 4.69) is 10.6 Å². The van der Waals surface area contributed by atoms with Crippen molar-refractivity contribution >= 4 is 17.7 Å². The lowest BCUT2D eigenvalue weighted by Gasteiger charge is -2.15. The number of nitrogens with zero attached hydrogens (tertiary/aromatic N) is 1. The van der Waals surface area contributed by atoms with Crippen LogP contribution in [0.5, 0.6) is 0 Å². The van der Waals surface area contributed by atoms with Gasteiger partial charge in [0.15, 0.2) is 0 Å². The van der Waals surface area contributed by atoms with Gasteiger partial charge in [-0.25, -0.2) is 9.18 Å². The zero-order chi connectivity index (χ0) is 24.0. The number of ether oxygens (including phenoxy) is 1. The van der Waals surface area contributed by atoms with Gasteiger partial charge in [0, 0.05) is 25.5 Å². The number of alkyl halides is 3. The van der Waals surface area contributed by atoms with Crippen LogP contribution < -0.4 is 15.5 Å². The topological polar surface area (TPSA) is 70.7 Å². The smallest absolute Gasteiger partial charge is 0.414 e. The molecule has 0 radical (unpaired) electrons. The molecule has 1 aliphatic rings. The molecule has 0 aliphatic carbocycles. The first-order chi connectivity index (χ1) is 15.6. The van der Waals surface area contributed by atoms with E-state index in [1.807, 2.05) is 0 Å². The Morgan fingerprint density at radius 3 is 2.55 bits per heavy atom. The van der Waals surface area contributed by atoms with Gasteiger partial charge in [-0.3, -0.25) is 9.69 Å². The summed E-state index contributed by atoms with van der Waals surface area (Å²) in [6, 6.07) is 11.5. The van der Waals surface area contributed by atoms with Gasteiger partial charge < -0.3 is 15.4 Å². The zero-order valence-corrected chi connectivity index (χ0v) is 18.0. The fourth-order valence-corrected chi connectivity index (χ4v) is 3.45. The molecule has 0 unspecified atom stereocenters. The van der Waals surface area contributed by atoms with Gasteiger partial charge in [-0.2, -0.15) is 13.2 Å². The molecule has 178 valence electrons. The molecule has 10 heteroatoms. The molecule has 6 nitrogen and oxygen atoms in total. The number of benzene rings is 2. The number of hydrogen-bond acceptors (Lipinski definition) is 4. The molecule has 2 amide bonds. The Bertz CT molecular complexity index is 980. The maximum atomic E-state index is 14.8. The van der Waals surface area contributed by atoms with E-state index in [0.29, 0.717) is 23.4 Å². The first-order valence-corrected chi connectivity index (χ1v) is 10.5. The highest BCUT2D eigenvalue weighted by Gasteiger charge is 2.32. The van der Waals surface area contributed by atoms with Gasteiger partial charge in [-0.1, -0.05) is 24.3 Å². The Balaban J connectivity index is 1.57. The van der Waals surface area contributed by atoms with Crippen molar-refractivity contribution in [3.8, 4) is 11.1 Å². The number of carbonyl (C=O) groups is 2. The normalized spacial score (nSPS) is 16.1. The van der Waals surface area contributed by atoms with Gasteiger partial charge in [0.2, 0.25) is 5.91 Å². The fraction of sp³-hybridized carbons (Fsp3) is 0.391. The van der Waals surface area contributed by atoms with Gasteiger partial charge in [-0.05, 0) is 42.3 Å². The van der Waals surface area contributed by atoms with Crippen LogP contribution in [0.3, 0.4) is 0 Å². The fourth-order valence-electron chi connectivity index (χ4n) is 3.45. The monoisotopic (exact) mass is 467 g/mol. The average Bonchev–Trinajstić information content (AvgIpc) is 3.12. The lowest BCUT2D eigenvalue weighted by molar-refractivity contribution is -0.135. The van der Waals surface area contributed by atoms with Crippen molar-refractivity contribution in [2.75, 3.05) is 24.5 Å². The molecule has 1 heterocycles. The van der Waals surface area contributed by atoms with Crippen molar-refractivity contribution in [2.24, 2.45) is 0 Å². The molecule has 3 rings (SSSR count). The number of amides is 2. The van der Waals surface area contributed by atoms with Gasteiger partial charge in [0.25, 0.3) is 0 Å². The third kappa shape index (κ3) is 7.18. The largest absolute Gasteiger partial charge is 0.442 e. The highest BCUT2D eigenvalue weighted by atomic mass is 19.4. The second-order valence-corrected chi connectivity index (χ2v) is 7.81. The summed E-state index contributed by atoms with van der Waals surface area (Å²) in [6.07, 6.45) is -6.08. The second-order valence-electron chi connectivity index (χ2n) is 7.81. The molecule has 33 heavy (non-hydrogen) atoms. The van der Waals surface area contributed by atoms with Gasteiger partial charge in [0.1, 0.15) is 11.9 Å². The van der Waals surface area contributed by atoms with Crippen molar-refractivity contribution in [3.63, 3.8) is 0 Å². The van der Waals surface area contributed by atoms with Crippen LogP contribution in [-0.2, 0) is 16.1 Å². The van der Waals surface area contributed by atoms with E-state index in [0.717, 1.165) is 5.56 Å². The van der Waals surface area contributed by atoms with E-state index < -0.39 is 30.6 Å². The van der Waals surface area contributed by atoms with Crippen LogP contribution in [0.15, 0.2) is 42.5 Å². The van der Waals surface area contributed by atoms with E-state index in [1.165, 1.54) is 17.9 Å². The summed E-state index contributed by atoms with van der Waals surface area (Å²) < 4.78 is 56.5. The highest BCUT2D eigenvalue weighted by Crippen LogP contribution is 2.29. The third-order valence-corrected chi connectivity index (χ3v) is 5.12. The van der Waals surface area contributed by atoms with Crippen LogP contribution >= 0.6 is 0 Å². The molecule has 1 fully saturated rings. The third-order valence-electron chi connectivity index (χ3n) is 5.12. The standard InChI is InChI=1S/C23H25F4N3O3/c1-15(31)29-13-19-14-30(22(32)33-19)18-7-8-20(21(24)11-18)17-5-3-16(4-6-17)12-28-10-2-9-23(25,26)27/h3-8,11,19,28H,2,9-10,12-14H2,1H3,(H,29,31)/t19-/m0/s1. The molecule has 0 aromatic heterocycles. The average molecular weight is 467 g/mol. The summed E-state index contributed by atoms with van der Waals surface area (Å²) in [5.41, 5.74) is 2.21. The number of rotatable bonds is 9. The van der Waals surface area contributed by atoms with E-state index in [1.54, 1.807) is 36.4 Å². The Labute approximate surface area is 188 Å². The zero-order valence-electron chi connectivity index (χ0n) is 18.0. The number of anilines is 1. The Morgan fingerprint density at radius 1 is 1.18 bits per heavy atom. The minimum atomic E-state index is -4.15. The molecule has 0 saturated carbocycles. The van der Waals surface area contributed by atoms with Crippen molar-refractivity contribution in [1.82, 2.24) is 10.6 Å². The SMILES string of the molecule is CC(=O)NC[C@H]1CN(c2ccc(-c3ccc(CNCCCC(F)(F)F)cc3)c(F)c2)C(=O)O1. The lowest BCUT2D eigenvalue weighted by atomic mass is 10.0. The highest BCUT2D eigenvalue weighted by molar-refractivity contribution is 5.90. The molecule has 1 aliphatic heterocycles. The number of halogens is 4. The molecular formula is C23H25F4N3O3. The summed E-state index contributed by atoms with van der Waals surface area (Å²) in [5.74, 6) is -0.744. The van der Waals surface area contributed by atoms with Crippen molar-refractivity contribution in [2.45, 2.75) is 38.6 Å². The number of hydrogen-bond donors (Lipinski definition) is 2. The minimum absolute atomic E-state index is 0.0116. The molecule has 1 saturated heterocycles. The molecule has 0 spiro atoms. The van der Waals surface area contributed by atoms with Gasteiger partial charge in [0.05, 0.1) is 18.8 Å². The van der Waals surface area contributed by atoms with E-state index in [-0.39, 0.29) is 32.0 Å². The summed E-state index contributed by atoms with van der Waals surface area (Å²) in [4.78, 5) is 24.5. The quantitative estimate of drug-likeness (QED) is 0.424. The van der Waals surface area contributed by atoms with Crippen LogP contribution in [-0.4, -0.2) is 43.9 Å². The van der Waals surface area contributed by atoms with Crippen molar-refractivity contribution < 1.29 is 31.9 Å². The summed E-state index contributed by atoms with van der Waals surface area (Å²) >= 11 is 0. The summed E-state index contributed by atoms with van der Waals surface area (Å²) in [7, 11) is 0. The molecule has 2 N–H and O–H groups in total. The van der Waals surface area contributed by atoms with E-state index in [9.17, 15) is 27.2 Å². The maximum Gasteiger partial charge on any atom is 0.414 e. The maximum absolute atomic E-state index is 14.8. The van der Waals surface area contributed by atoms with E-state index >= 15 is 0 Å². The van der Waals surface area contributed by atoms with Crippen LogP contribution in [0.25, 0.3) is 11.1 Å². The first kappa shape index (κ1) is 24.5. The van der Waals surface area contributed by atoms with Gasteiger partial charge >= 0.3 is 12.3 Å². The predicted octanol–water partition coefficient (Wildman–Crippen LogP) is 4.39. The first-order valence-electron chi connectivity index (χ1n) is 10.5. The molecule has 0 bridgehead atoms. The number of nitrogens with one attached hydrogen (secondary N) is 2. The second kappa shape index (κ2) is 10.7. The van der Waals surface area contributed by atoms with Crippen LogP contribution in [0, 0.1) is 5.82 Å². The molecule has 2 aromatic carbocycles. The van der Waals surface area contributed by atoms with Gasteiger partial charge in [-0.15, -0.1) is 0 Å². The molecule has 2 aromatic rings. The molecule has 1 atom stereocenters. The number of cyclic esters (lactones) is 1. The minimum Gasteiger partial charge on any atom is -0.442 e. The van der Waals surface area contributed by atoms with Crippen LogP contribution in [0.4, 0.5) is 28.0 Å².